The SMILES string of the molecule is CN[C@@H](C)C(=O)NCCc1cccc(Nc2nc(C3CC3)c(C)nc2C(N)=O)c1. The molecule has 0 saturated heterocycles. The van der Waals surface area contributed by atoms with Gasteiger partial charge < -0.3 is 21.7 Å². The molecule has 8 nitrogen and oxygen atoms in total. The minimum absolute atomic E-state index is 0.0320. The molecule has 2 amide bonds. The number of aryl methyl sites for hydroxylation is 1. The number of amides is 2. The van der Waals surface area contributed by atoms with Crippen molar-refractivity contribution >= 4 is 23.3 Å². The molecule has 1 aromatic heterocycles. The van der Waals surface area contributed by atoms with Crippen molar-refractivity contribution < 1.29 is 9.59 Å². The summed E-state index contributed by atoms with van der Waals surface area (Å²) in [5.41, 5.74) is 9.18. The third-order valence-corrected chi connectivity index (χ3v) is 5.03. The molecule has 1 saturated carbocycles. The van der Waals surface area contributed by atoms with Gasteiger partial charge in [-0.15, -0.1) is 0 Å². The Bertz CT molecular complexity index is 910. The van der Waals surface area contributed by atoms with Gasteiger partial charge in [0.2, 0.25) is 5.91 Å². The largest absolute Gasteiger partial charge is 0.364 e. The first-order valence-electron chi connectivity index (χ1n) is 9.88. The van der Waals surface area contributed by atoms with E-state index in [9.17, 15) is 9.59 Å². The number of aromatic nitrogens is 2. The van der Waals surface area contributed by atoms with Crippen molar-refractivity contribution in [2.75, 3.05) is 18.9 Å². The molecule has 29 heavy (non-hydrogen) atoms. The molecule has 1 aliphatic carbocycles. The van der Waals surface area contributed by atoms with Crippen molar-refractivity contribution in [3.63, 3.8) is 0 Å². The predicted octanol–water partition coefficient (Wildman–Crippen LogP) is 1.77. The Morgan fingerprint density at radius 1 is 1.28 bits per heavy atom. The van der Waals surface area contributed by atoms with Gasteiger partial charge >= 0.3 is 0 Å². The monoisotopic (exact) mass is 396 g/mol. The Kier molecular flexibility index (Phi) is 6.43. The van der Waals surface area contributed by atoms with E-state index in [4.69, 9.17) is 5.73 Å². The summed E-state index contributed by atoms with van der Waals surface area (Å²) >= 11 is 0. The molecule has 0 bridgehead atoms. The van der Waals surface area contributed by atoms with E-state index in [1.165, 1.54) is 0 Å². The van der Waals surface area contributed by atoms with E-state index < -0.39 is 5.91 Å². The Morgan fingerprint density at radius 3 is 2.69 bits per heavy atom. The summed E-state index contributed by atoms with van der Waals surface area (Å²) in [5.74, 6) is 0.164. The molecular weight excluding hydrogens is 368 g/mol. The van der Waals surface area contributed by atoms with Gasteiger partial charge in [-0.3, -0.25) is 9.59 Å². The zero-order valence-electron chi connectivity index (χ0n) is 17.1. The molecule has 1 heterocycles. The molecule has 2 aromatic rings. The van der Waals surface area contributed by atoms with E-state index in [0.29, 0.717) is 24.7 Å². The van der Waals surface area contributed by atoms with Crippen LogP contribution in [0.25, 0.3) is 0 Å². The zero-order valence-corrected chi connectivity index (χ0v) is 17.1. The van der Waals surface area contributed by atoms with E-state index in [1.807, 2.05) is 38.1 Å². The van der Waals surface area contributed by atoms with Gasteiger partial charge in [-0.05, 0) is 57.9 Å². The highest BCUT2D eigenvalue weighted by Gasteiger charge is 2.29. The number of likely N-dealkylation sites (N-methyl/N-ethyl adjacent to an activating group) is 1. The average Bonchev–Trinajstić information content (AvgIpc) is 3.53. The fourth-order valence-corrected chi connectivity index (χ4v) is 3.09. The Morgan fingerprint density at radius 2 is 2.03 bits per heavy atom. The highest BCUT2D eigenvalue weighted by molar-refractivity contribution is 5.96. The lowest BCUT2D eigenvalue weighted by Gasteiger charge is -2.14. The predicted molar refractivity (Wildman–Crippen MR) is 112 cm³/mol. The Hall–Kier alpha value is -3.00. The second-order valence-corrected chi connectivity index (χ2v) is 7.41. The summed E-state index contributed by atoms with van der Waals surface area (Å²) in [7, 11) is 1.75. The maximum Gasteiger partial charge on any atom is 0.271 e. The minimum Gasteiger partial charge on any atom is -0.364 e. The molecule has 1 aliphatic rings. The van der Waals surface area contributed by atoms with E-state index in [2.05, 4.69) is 25.9 Å². The molecule has 1 atom stereocenters. The van der Waals surface area contributed by atoms with Crippen LogP contribution >= 0.6 is 0 Å². The average molecular weight is 396 g/mol. The van der Waals surface area contributed by atoms with E-state index in [0.717, 1.165) is 35.5 Å². The number of nitrogens with two attached hydrogens (primary N) is 1. The van der Waals surface area contributed by atoms with Gasteiger partial charge in [0.1, 0.15) is 0 Å². The standard InChI is InChI=1S/C21H28N6O2/c1-12-17(15-7-8-15)27-20(18(25-12)19(22)28)26-16-6-4-5-14(11-16)9-10-24-21(29)13(2)23-3/h4-6,11,13,15,23H,7-10H2,1-3H3,(H2,22,28)(H,24,29)(H,26,27)/t13-/m0/s1. The van der Waals surface area contributed by atoms with Gasteiger partial charge in [0.25, 0.3) is 5.91 Å². The van der Waals surface area contributed by atoms with Crippen LogP contribution in [0.1, 0.15) is 53.1 Å². The third-order valence-electron chi connectivity index (χ3n) is 5.03. The second-order valence-electron chi connectivity index (χ2n) is 7.41. The fourth-order valence-electron chi connectivity index (χ4n) is 3.09. The number of hydrogen-bond acceptors (Lipinski definition) is 6. The van der Waals surface area contributed by atoms with Crippen LogP contribution in [0.4, 0.5) is 11.5 Å². The van der Waals surface area contributed by atoms with Crippen LogP contribution in [0.15, 0.2) is 24.3 Å². The molecule has 5 N–H and O–H groups in total. The lowest BCUT2D eigenvalue weighted by atomic mass is 10.1. The number of primary amides is 1. The number of anilines is 2. The van der Waals surface area contributed by atoms with Crippen LogP contribution in [0.5, 0.6) is 0 Å². The number of hydrogen-bond donors (Lipinski definition) is 4. The number of nitrogens with zero attached hydrogens (tertiary/aromatic N) is 2. The molecule has 1 aromatic carbocycles. The number of nitrogens with one attached hydrogen (secondary N) is 3. The van der Waals surface area contributed by atoms with Crippen molar-refractivity contribution in [3.05, 3.63) is 46.9 Å². The molecule has 1 fully saturated rings. The maximum absolute atomic E-state index is 11.8. The number of benzene rings is 1. The van der Waals surface area contributed by atoms with Crippen LogP contribution < -0.4 is 21.7 Å². The normalized spacial score (nSPS) is 14.3. The molecule has 0 radical (unpaired) electrons. The van der Waals surface area contributed by atoms with Gasteiger partial charge in [-0.25, -0.2) is 9.97 Å². The topological polar surface area (TPSA) is 122 Å². The number of carbonyl (C=O) groups excluding carboxylic acids is 2. The maximum atomic E-state index is 11.8. The van der Waals surface area contributed by atoms with Crippen molar-refractivity contribution in [2.45, 2.75) is 45.1 Å². The summed E-state index contributed by atoms with van der Waals surface area (Å²) in [6.07, 6.45) is 2.88. The minimum atomic E-state index is -0.608. The summed E-state index contributed by atoms with van der Waals surface area (Å²) < 4.78 is 0. The molecule has 0 aliphatic heterocycles. The molecule has 154 valence electrons. The lowest BCUT2D eigenvalue weighted by Crippen LogP contribution is -2.41. The summed E-state index contributed by atoms with van der Waals surface area (Å²) in [5, 5.41) is 9.01. The van der Waals surface area contributed by atoms with Gasteiger partial charge in [0.15, 0.2) is 11.5 Å². The summed E-state index contributed by atoms with van der Waals surface area (Å²) in [4.78, 5) is 32.7. The van der Waals surface area contributed by atoms with Crippen molar-refractivity contribution in [2.24, 2.45) is 5.73 Å². The van der Waals surface area contributed by atoms with Crippen molar-refractivity contribution in [1.82, 2.24) is 20.6 Å². The number of carbonyl (C=O) groups is 2. The molecule has 8 heteroatoms. The number of rotatable bonds is 9. The molecule has 0 unspecified atom stereocenters. The van der Waals surface area contributed by atoms with Crippen LogP contribution in [0.3, 0.4) is 0 Å². The first-order chi connectivity index (χ1) is 13.9. The molecule has 3 rings (SSSR count). The summed E-state index contributed by atoms with van der Waals surface area (Å²) in [6.45, 7) is 4.21. The fraction of sp³-hybridized carbons (Fsp3) is 0.429. The molecule has 0 spiro atoms. The second kappa shape index (κ2) is 9.00. The van der Waals surface area contributed by atoms with Gasteiger partial charge in [-0.2, -0.15) is 0 Å². The smallest absolute Gasteiger partial charge is 0.271 e. The third kappa shape index (κ3) is 5.29. The quantitative estimate of drug-likeness (QED) is 0.512. The van der Waals surface area contributed by atoms with Crippen LogP contribution in [-0.4, -0.2) is 41.4 Å². The van der Waals surface area contributed by atoms with Crippen LogP contribution in [0.2, 0.25) is 0 Å². The highest BCUT2D eigenvalue weighted by atomic mass is 16.2. The summed E-state index contributed by atoms with van der Waals surface area (Å²) in [6, 6.07) is 7.55. The van der Waals surface area contributed by atoms with Gasteiger partial charge in [0, 0.05) is 18.2 Å². The Balaban J connectivity index is 1.72. The van der Waals surface area contributed by atoms with Crippen molar-refractivity contribution in [3.8, 4) is 0 Å². The van der Waals surface area contributed by atoms with E-state index in [1.54, 1.807) is 7.05 Å². The first-order valence-corrected chi connectivity index (χ1v) is 9.88. The zero-order chi connectivity index (χ0) is 21.0. The lowest BCUT2D eigenvalue weighted by molar-refractivity contribution is -0.122. The Labute approximate surface area is 170 Å². The van der Waals surface area contributed by atoms with Gasteiger partial charge in [0.05, 0.1) is 17.4 Å². The van der Waals surface area contributed by atoms with Crippen LogP contribution in [0, 0.1) is 6.92 Å². The van der Waals surface area contributed by atoms with Crippen molar-refractivity contribution in [1.29, 1.82) is 0 Å². The van der Waals surface area contributed by atoms with Crippen LogP contribution in [-0.2, 0) is 11.2 Å². The van der Waals surface area contributed by atoms with E-state index in [-0.39, 0.29) is 17.6 Å². The van der Waals surface area contributed by atoms with Gasteiger partial charge in [-0.1, -0.05) is 12.1 Å². The first kappa shape index (κ1) is 20.7. The highest BCUT2D eigenvalue weighted by Crippen LogP contribution is 2.40. The van der Waals surface area contributed by atoms with E-state index >= 15 is 0 Å². The molecular formula is C21H28N6O2.